The molecule has 0 bridgehead atoms. The first-order valence-electron chi connectivity index (χ1n) is 13.3. The number of azo groups is 2. The number of benzene rings is 4. The monoisotopic (exact) mass is 694 g/mol. The summed E-state index contributed by atoms with van der Waals surface area (Å²) in [4.78, 5) is 22.4. The standard InChI is InChI=1S/C30H26N6O10S2/c1-45-29(37)19-7-11-23(31)25(13-19)35-33-21-9-5-17(27(15-21)47(39,40)41)3-4-18-6-10-22(16-28(18)48(42,43)44)34-36-26-14-20(30(38)46-2)8-12-24(26)32/h3-16H,31-32H2,1-2H3,(H,39,40,41)(H,42,43,44)/b4-3+,35-33?,36-34?. The number of methoxy groups -OCH3 is 2. The van der Waals surface area contributed by atoms with Crippen molar-refractivity contribution in [2.24, 2.45) is 20.5 Å². The minimum atomic E-state index is -4.84. The Labute approximate surface area is 273 Å². The third kappa shape index (κ3) is 8.50. The van der Waals surface area contributed by atoms with Crippen molar-refractivity contribution in [2.45, 2.75) is 9.79 Å². The Morgan fingerprint density at radius 3 is 1.31 bits per heavy atom. The van der Waals surface area contributed by atoms with Crippen molar-refractivity contribution < 1.29 is 45.0 Å². The van der Waals surface area contributed by atoms with Crippen molar-refractivity contribution in [3.05, 3.63) is 95.1 Å². The molecule has 0 radical (unpaired) electrons. The van der Waals surface area contributed by atoms with E-state index in [2.05, 4.69) is 29.9 Å². The molecule has 0 aromatic heterocycles. The number of carbonyl (C=O) groups is 2. The molecule has 6 N–H and O–H groups in total. The summed E-state index contributed by atoms with van der Waals surface area (Å²) >= 11 is 0. The summed E-state index contributed by atoms with van der Waals surface area (Å²) in [6.07, 6.45) is 2.37. The van der Waals surface area contributed by atoms with Crippen molar-refractivity contribution in [3.63, 3.8) is 0 Å². The molecule has 4 aromatic carbocycles. The quantitative estimate of drug-likeness (QED) is 0.0495. The van der Waals surface area contributed by atoms with Crippen LogP contribution in [-0.2, 0) is 29.7 Å². The first kappa shape index (κ1) is 35.0. The fourth-order valence-corrected chi connectivity index (χ4v) is 5.45. The fraction of sp³-hybridized carbons (Fsp3) is 0.0667. The predicted octanol–water partition coefficient (Wildman–Crippen LogP) is 5.92. The summed E-state index contributed by atoms with van der Waals surface area (Å²) in [5.41, 5.74) is 12.4. The number of nitrogens with zero attached hydrogens (tertiary/aromatic N) is 4. The molecule has 248 valence electrons. The number of ether oxygens (including phenoxy) is 2. The van der Waals surface area contributed by atoms with Gasteiger partial charge in [0.15, 0.2) is 0 Å². The third-order valence-electron chi connectivity index (χ3n) is 6.44. The van der Waals surface area contributed by atoms with Gasteiger partial charge in [-0.1, -0.05) is 24.3 Å². The average molecular weight is 695 g/mol. The molecule has 4 rings (SSSR count). The lowest BCUT2D eigenvalue weighted by molar-refractivity contribution is 0.0592. The van der Waals surface area contributed by atoms with Crippen LogP contribution in [-0.4, -0.2) is 52.1 Å². The second-order valence-corrected chi connectivity index (χ2v) is 12.4. The summed E-state index contributed by atoms with van der Waals surface area (Å²) in [5, 5.41) is 15.8. The molecule has 0 atom stereocenters. The third-order valence-corrected chi connectivity index (χ3v) is 8.26. The Kier molecular flexibility index (Phi) is 10.4. The van der Waals surface area contributed by atoms with Crippen LogP contribution < -0.4 is 11.5 Å². The van der Waals surface area contributed by atoms with Gasteiger partial charge >= 0.3 is 11.9 Å². The van der Waals surface area contributed by atoms with Gasteiger partial charge in [0, 0.05) is 0 Å². The number of anilines is 2. The smallest absolute Gasteiger partial charge is 0.337 e. The fourth-order valence-electron chi connectivity index (χ4n) is 4.05. The second kappa shape index (κ2) is 14.3. The summed E-state index contributed by atoms with van der Waals surface area (Å²) in [6, 6.07) is 15.6. The highest BCUT2D eigenvalue weighted by atomic mass is 32.2. The van der Waals surface area contributed by atoms with Gasteiger partial charge in [-0.3, -0.25) is 9.11 Å². The lowest BCUT2D eigenvalue weighted by Gasteiger charge is -2.07. The van der Waals surface area contributed by atoms with Gasteiger partial charge in [0.05, 0.1) is 48.1 Å². The Bertz CT molecular complexity index is 2080. The summed E-state index contributed by atoms with van der Waals surface area (Å²) in [6.45, 7) is 0. The van der Waals surface area contributed by atoms with E-state index in [-0.39, 0.29) is 56.4 Å². The van der Waals surface area contributed by atoms with E-state index in [9.17, 15) is 35.5 Å². The second-order valence-electron chi connectivity index (χ2n) is 9.66. The zero-order valence-corrected chi connectivity index (χ0v) is 26.6. The minimum Gasteiger partial charge on any atom is -0.465 e. The number of carbonyl (C=O) groups excluding carboxylic acids is 2. The summed E-state index contributed by atoms with van der Waals surface area (Å²) in [5.74, 6) is -1.28. The van der Waals surface area contributed by atoms with E-state index in [0.29, 0.717) is 0 Å². The number of nitrogen functional groups attached to an aromatic ring is 2. The highest BCUT2D eigenvalue weighted by molar-refractivity contribution is 7.86. The van der Waals surface area contributed by atoms with Gasteiger partial charge in [0.2, 0.25) is 0 Å². The lowest BCUT2D eigenvalue weighted by Crippen LogP contribution is -2.02. The number of hydrogen-bond acceptors (Lipinski definition) is 14. The molecule has 4 aromatic rings. The van der Waals surface area contributed by atoms with Crippen molar-refractivity contribution >= 4 is 78.5 Å². The van der Waals surface area contributed by atoms with Crippen LogP contribution in [0, 0.1) is 0 Å². The maximum absolute atomic E-state index is 12.2. The molecule has 0 amide bonds. The van der Waals surface area contributed by atoms with Crippen LogP contribution in [0.3, 0.4) is 0 Å². The Morgan fingerprint density at radius 2 is 0.979 bits per heavy atom. The van der Waals surface area contributed by atoms with Crippen molar-refractivity contribution in [1.29, 1.82) is 0 Å². The number of nitrogens with two attached hydrogens (primary N) is 2. The van der Waals surface area contributed by atoms with E-state index in [4.69, 9.17) is 11.5 Å². The molecule has 0 spiro atoms. The number of rotatable bonds is 10. The van der Waals surface area contributed by atoms with Crippen LogP contribution >= 0.6 is 0 Å². The first-order valence-corrected chi connectivity index (χ1v) is 16.2. The van der Waals surface area contributed by atoms with Gasteiger partial charge in [0.1, 0.15) is 21.2 Å². The van der Waals surface area contributed by atoms with Crippen LogP contribution in [0.1, 0.15) is 31.8 Å². The van der Waals surface area contributed by atoms with Crippen molar-refractivity contribution in [1.82, 2.24) is 0 Å². The SMILES string of the molecule is COC(=O)c1ccc(N)c(N=Nc2ccc(/C=C/c3ccc(N=Nc4cc(C(=O)OC)ccc4N)cc3S(=O)(=O)O)c(S(=O)(=O)O)c2)c1. The molecule has 0 aliphatic heterocycles. The van der Waals surface area contributed by atoms with Crippen LogP contribution in [0.2, 0.25) is 0 Å². The Morgan fingerprint density at radius 1 is 0.604 bits per heavy atom. The van der Waals surface area contributed by atoms with E-state index in [1.165, 1.54) is 87.0 Å². The van der Waals surface area contributed by atoms with Gasteiger partial charge in [-0.2, -0.15) is 27.1 Å². The Balaban J connectivity index is 1.67. The summed E-state index contributed by atoms with van der Waals surface area (Å²) in [7, 11) is -7.28. The van der Waals surface area contributed by atoms with Crippen molar-refractivity contribution in [2.75, 3.05) is 25.7 Å². The number of hydrogen-bond donors (Lipinski definition) is 4. The molecule has 0 aliphatic rings. The molecular weight excluding hydrogens is 668 g/mol. The maximum atomic E-state index is 12.2. The highest BCUT2D eigenvalue weighted by Crippen LogP contribution is 2.31. The van der Waals surface area contributed by atoms with E-state index in [0.717, 1.165) is 12.1 Å². The van der Waals surface area contributed by atoms with Crippen LogP contribution in [0.25, 0.3) is 12.2 Å². The van der Waals surface area contributed by atoms with E-state index < -0.39 is 42.0 Å². The zero-order chi connectivity index (χ0) is 35.2. The minimum absolute atomic E-state index is 0.0197. The largest absolute Gasteiger partial charge is 0.465 e. The van der Waals surface area contributed by atoms with Crippen LogP contribution in [0.15, 0.2) is 103 Å². The van der Waals surface area contributed by atoms with Gasteiger partial charge in [0.25, 0.3) is 20.2 Å². The average Bonchev–Trinajstić information content (AvgIpc) is 3.05. The molecule has 0 saturated carbocycles. The van der Waals surface area contributed by atoms with Crippen molar-refractivity contribution in [3.8, 4) is 0 Å². The maximum Gasteiger partial charge on any atom is 0.337 e. The van der Waals surface area contributed by atoms with Gasteiger partial charge in [-0.15, -0.1) is 10.2 Å². The molecule has 0 aliphatic carbocycles. The van der Waals surface area contributed by atoms with Gasteiger partial charge in [-0.25, -0.2) is 9.59 Å². The molecule has 16 nitrogen and oxygen atoms in total. The summed E-state index contributed by atoms with van der Waals surface area (Å²) < 4.78 is 78.1. The topological polar surface area (TPSA) is 263 Å². The zero-order valence-electron chi connectivity index (χ0n) is 25.0. The number of esters is 2. The molecule has 0 saturated heterocycles. The predicted molar refractivity (Wildman–Crippen MR) is 174 cm³/mol. The molecular formula is C30H26N6O10S2. The Hall–Kier alpha value is -5.82. The lowest BCUT2D eigenvalue weighted by atomic mass is 10.1. The van der Waals surface area contributed by atoms with E-state index in [1.807, 2.05) is 0 Å². The van der Waals surface area contributed by atoms with Gasteiger partial charge in [-0.05, 0) is 71.8 Å². The van der Waals surface area contributed by atoms with E-state index >= 15 is 0 Å². The molecule has 0 unspecified atom stereocenters. The normalized spacial score (nSPS) is 12.2. The highest BCUT2D eigenvalue weighted by Gasteiger charge is 2.18. The van der Waals surface area contributed by atoms with E-state index in [1.54, 1.807) is 0 Å². The van der Waals surface area contributed by atoms with Gasteiger partial charge < -0.3 is 20.9 Å². The first-order chi connectivity index (χ1) is 22.6. The molecule has 0 heterocycles. The molecule has 18 heteroatoms. The van der Waals surface area contributed by atoms with Crippen LogP contribution in [0.4, 0.5) is 34.1 Å². The van der Waals surface area contributed by atoms with Crippen LogP contribution in [0.5, 0.6) is 0 Å². The molecule has 0 fully saturated rings. The molecule has 48 heavy (non-hydrogen) atoms.